The van der Waals surface area contributed by atoms with Gasteiger partial charge in [0.1, 0.15) is 11.4 Å². The van der Waals surface area contributed by atoms with Crippen molar-refractivity contribution in [3.63, 3.8) is 0 Å². The van der Waals surface area contributed by atoms with E-state index < -0.39 is 24.0 Å². The average Bonchev–Trinajstić information content (AvgIpc) is 2.77. The predicted molar refractivity (Wildman–Crippen MR) is 121 cm³/mol. The Morgan fingerprint density at radius 3 is 2.11 bits per heavy atom. The van der Waals surface area contributed by atoms with Crippen LogP contribution in [0, 0.1) is 0 Å². The summed E-state index contributed by atoms with van der Waals surface area (Å²) in [6, 6.07) is 16.7. The third kappa shape index (κ3) is 8.02. The number of alkyl halides is 3. The van der Waals surface area contributed by atoms with Gasteiger partial charge in [-0.3, -0.25) is 4.90 Å². The number of halogens is 3. The lowest BCUT2D eigenvalue weighted by Gasteiger charge is -2.28. The van der Waals surface area contributed by atoms with Crippen molar-refractivity contribution in [3.8, 4) is 5.75 Å². The topological polar surface area (TPSA) is 78.1 Å². The quantitative estimate of drug-likeness (QED) is 0.294. The number of ether oxygens (including phenoxy) is 2. The summed E-state index contributed by atoms with van der Waals surface area (Å²) in [6.45, 7) is 5.17. The van der Waals surface area contributed by atoms with Crippen molar-refractivity contribution in [3.05, 3.63) is 90.3 Å². The molecule has 3 rings (SSSR count). The smallest absolute Gasteiger partial charge is 0.573 e. The molecule has 184 valence electrons. The minimum atomic E-state index is -4.80. The molecule has 35 heavy (non-hydrogen) atoms. The van der Waals surface area contributed by atoms with Crippen molar-refractivity contribution >= 4 is 17.7 Å². The molecule has 0 saturated carbocycles. The highest BCUT2D eigenvalue weighted by atomic mass is 19.4. The summed E-state index contributed by atoms with van der Waals surface area (Å²) in [4.78, 5) is 14.2. The maximum atomic E-state index is 12.9. The molecule has 1 amide bonds. The molecule has 10 heteroatoms. The Morgan fingerprint density at radius 1 is 0.971 bits per heavy atom. The molecule has 0 radical (unpaired) electrons. The second-order valence-electron chi connectivity index (χ2n) is 8.47. The molecule has 0 aliphatic rings. The second kappa shape index (κ2) is 10.5. The van der Waals surface area contributed by atoms with Gasteiger partial charge >= 0.3 is 12.5 Å². The molecule has 2 aromatic carbocycles. The van der Waals surface area contributed by atoms with E-state index in [4.69, 9.17) is 4.74 Å². The largest absolute Gasteiger partial charge is 0.854 e. The Morgan fingerprint density at radius 2 is 1.57 bits per heavy atom. The van der Waals surface area contributed by atoms with Crippen LogP contribution in [0.2, 0.25) is 0 Å². The third-order valence-electron chi connectivity index (χ3n) is 4.44. The van der Waals surface area contributed by atoms with Gasteiger partial charge in [0.15, 0.2) is 0 Å². The van der Waals surface area contributed by atoms with Crippen LogP contribution in [0.15, 0.2) is 84.2 Å². The van der Waals surface area contributed by atoms with E-state index in [0.29, 0.717) is 16.8 Å². The van der Waals surface area contributed by atoms with Crippen LogP contribution in [0.4, 0.5) is 23.7 Å². The molecule has 0 spiro atoms. The van der Waals surface area contributed by atoms with Crippen molar-refractivity contribution in [2.75, 3.05) is 4.90 Å². The molecule has 0 bridgehead atoms. The molecule has 3 aromatic rings. The second-order valence-corrected chi connectivity index (χ2v) is 8.47. The number of carbonyl (C=O) groups is 1. The minimum Gasteiger partial charge on any atom is -0.854 e. The molecule has 1 heterocycles. The van der Waals surface area contributed by atoms with Gasteiger partial charge in [-0.2, -0.15) is 0 Å². The van der Waals surface area contributed by atoms with Gasteiger partial charge in [-0.15, -0.1) is 13.2 Å². The van der Waals surface area contributed by atoms with Crippen molar-refractivity contribution in [1.82, 2.24) is 0 Å². The molecule has 0 aliphatic heterocycles. The number of rotatable bonds is 6. The first kappa shape index (κ1) is 25.5. The zero-order chi connectivity index (χ0) is 25.6. The molecule has 0 fully saturated rings. The van der Waals surface area contributed by atoms with E-state index in [9.17, 15) is 23.1 Å². The molecular formula is C25H24F3N3O4. The Balaban J connectivity index is 1.84. The molecule has 0 saturated heterocycles. The summed E-state index contributed by atoms with van der Waals surface area (Å²) >= 11 is 0. The molecule has 7 nitrogen and oxygen atoms in total. The third-order valence-corrected chi connectivity index (χ3v) is 4.44. The summed E-state index contributed by atoms with van der Waals surface area (Å²) in [5.41, 5.74) is 0.504. The monoisotopic (exact) mass is 487 g/mol. The van der Waals surface area contributed by atoms with E-state index in [0.717, 1.165) is 0 Å². The first-order valence-corrected chi connectivity index (χ1v) is 10.6. The molecule has 0 N–H and O–H groups in total. The Bertz CT molecular complexity index is 1160. The van der Waals surface area contributed by atoms with Gasteiger partial charge in [0.05, 0.1) is 12.4 Å². The number of amides is 1. The summed E-state index contributed by atoms with van der Waals surface area (Å²) in [5.74, 6) is -0.843. The number of aromatic nitrogens is 1. The van der Waals surface area contributed by atoms with Gasteiger partial charge in [0.25, 0.3) is 0 Å². The number of pyridine rings is 1. The number of nitrogens with zero attached hydrogens (tertiary/aromatic N) is 3. The maximum absolute atomic E-state index is 12.9. The maximum Gasteiger partial charge on any atom is 0.573 e. The lowest BCUT2D eigenvalue weighted by atomic mass is 10.1. The standard InChI is InChI=1S/C25H24F3N3O4/c1-24(2,3)35-23(33)31(17-18-7-13-21(14-8-18)34-25(26,27)28)20-11-9-19(10-12-20)22(32)29-30-15-5-4-6-16-30/h4-16H,17H2,1-3H3. The van der Waals surface area contributed by atoms with Gasteiger partial charge in [-0.1, -0.05) is 35.0 Å². The first-order valence-electron chi connectivity index (χ1n) is 10.6. The summed E-state index contributed by atoms with van der Waals surface area (Å²) in [5, 5.41) is 16.4. The van der Waals surface area contributed by atoms with Crippen molar-refractivity contribution < 1.29 is 37.2 Å². The number of hydrogen-bond donors (Lipinski definition) is 0. The van der Waals surface area contributed by atoms with E-state index in [-0.39, 0.29) is 12.3 Å². The number of hydrogen-bond acceptors (Lipinski definition) is 5. The van der Waals surface area contributed by atoms with Crippen molar-refractivity contribution in [2.45, 2.75) is 39.3 Å². The van der Waals surface area contributed by atoms with Crippen LogP contribution in [-0.4, -0.2) is 24.0 Å². The van der Waals surface area contributed by atoms with Gasteiger partial charge in [0.2, 0.25) is 12.4 Å². The van der Waals surface area contributed by atoms with Gasteiger partial charge in [0, 0.05) is 17.8 Å². The van der Waals surface area contributed by atoms with Gasteiger partial charge in [-0.25, -0.2) is 4.79 Å². The minimum absolute atomic E-state index is 0.0126. The van der Waals surface area contributed by atoms with Crippen LogP contribution in [0.25, 0.3) is 0 Å². The fourth-order valence-electron chi connectivity index (χ4n) is 2.96. The van der Waals surface area contributed by atoms with Gasteiger partial charge < -0.3 is 14.6 Å². The van der Waals surface area contributed by atoms with Crippen LogP contribution >= 0.6 is 0 Å². The number of carbonyl (C=O) groups excluding carboxylic acids is 1. The van der Waals surface area contributed by atoms with Crippen LogP contribution in [0.3, 0.4) is 0 Å². The Hall–Kier alpha value is -4.08. The van der Waals surface area contributed by atoms with Crippen molar-refractivity contribution in [1.29, 1.82) is 0 Å². The van der Waals surface area contributed by atoms with E-state index >= 15 is 0 Å². The molecule has 0 atom stereocenters. The van der Waals surface area contributed by atoms with Gasteiger partial charge in [-0.05, 0) is 61.3 Å². The molecule has 0 unspecified atom stereocenters. The predicted octanol–water partition coefficient (Wildman–Crippen LogP) is 4.38. The van der Waals surface area contributed by atoms with Crippen molar-refractivity contribution in [2.24, 2.45) is 5.10 Å². The van der Waals surface area contributed by atoms with Crippen LogP contribution in [-0.2, 0) is 11.3 Å². The SMILES string of the molecule is CC(C)(C)OC(=O)N(Cc1ccc(OC(F)(F)F)cc1)c1ccc(C([O-])=N[n+]2ccccc2)cc1. The normalized spacial score (nSPS) is 12.2. The van der Waals surface area contributed by atoms with E-state index in [2.05, 4.69) is 9.84 Å². The van der Waals surface area contributed by atoms with Crippen LogP contribution in [0.1, 0.15) is 31.9 Å². The van der Waals surface area contributed by atoms with Crippen LogP contribution in [0.5, 0.6) is 5.75 Å². The van der Waals surface area contributed by atoms with E-state index in [1.807, 2.05) is 0 Å². The zero-order valence-electron chi connectivity index (χ0n) is 19.3. The highest BCUT2D eigenvalue weighted by Gasteiger charge is 2.31. The Kier molecular flexibility index (Phi) is 7.63. The summed E-state index contributed by atoms with van der Waals surface area (Å²) in [6.07, 6.45) is -2.20. The number of benzene rings is 2. The lowest BCUT2D eigenvalue weighted by Crippen LogP contribution is -2.36. The van der Waals surface area contributed by atoms with Crippen LogP contribution < -0.4 is 19.4 Å². The first-order chi connectivity index (χ1) is 16.4. The highest BCUT2D eigenvalue weighted by Crippen LogP contribution is 2.25. The highest BCUT2D eigenvalue weighted by molar-refractivity contribution is 5.92. The lowest BCUT2D eigenvalue weighted by molar-refractivity contribution is -0.681. The molecule has 1 aromatic heterocycles. The fraction of sp³-hybridized carbons (Fsp3) is 0.240. The average molecular weight is 487 g/mol. The molecule has 0 aliphatic carbocycles. The number of anilines is 1. The van der Waals surface area contributed by atoms with E-state index in [1.54, 1.807) is 63.5 Å². The summed E-state index contributed by atoms with van der Waals surface area (Å²) < 4.78 is 48.0. The molecular weight excluding hydrogens is 463 g/mol. The summed E-state index contributed by atoms with van der Waals surface area (Å²) in [7, 11) is 0. The van der Waals surface area contributed by atoms with E-state index in [1.165, 1.54) is 46.0 Å². The zero-order valence-corrected chi connectivity index (χ0v) is 19.3. The Labute approximate surface area is 200 Å². The fourth-order valence-corrected chi connectivity index (χ4v) is 2.96.